The first kappa shape index (κ1) is 26.3. The molecule has 1 amide bonds. The molecule has 11 heteroatoms. The number of carbonyl (C=O) groups is 1. The molecule has 4 rings (SSSR count). The highest BCUT2D eigenvalue weighted by molar-refractivity contribution is 7.89. The number of carbonyl (C=O) groups excluding carboxylic acids is 1. The molecule has 0 saturated carbocycles. The fourth-order valence-electron chi connectivity index (χ4n) is 3.86. The standard InChI is InChI=1S/C25H32N4O5S2/c1-5-6-13-28(4)36(31,32)19-10-8-18(9-11-19)24(30)29(14-7-12-27(2)3)25-26-20-15-21-22(34-17-33-21)16-23(20)35-25/h8-11,15-16H,5-7,12-14,17H2,1-4H3. The summed E-state index contributed by atoms with van der Waals surface area (Å²) in [6.45, 7) is 3.95. The summed E-state index contributed by atoms with van der Waals surface area (Å²) in [5.41, 5.74) is 1.14. The van der Waals surface area contributed by atoms with Gasteiger partial charge in [-0.05, 0) is 57.7 Å². The first-order valence-corrected chi connectivity index (χ1v) is 14.2. The molecule has 0 N–H and O–H groups in total. The minimum atomic E-state index is -3.60. The van der Waals surface area contributed by atoms with Crippen molar-refractivity contribution in [2.75, 3.05) is 52.5 Å². The third-order valence-electron chi connectivity index (χ3n) is 5.97. The van der Waals surface area contributed by atoms with Gasteiger partial charge in [0.25, 0.3) is 5.91 Å². The van der Waals surface area contributed by atoms with Crippen molar-refractivity contribution in [3.05, 3.63) is 42.0 Å². The Morgan fingerprint density at radius 1 is 1.00 bits per heavy atom. The van der Waals surface area contributed by atoms with Crippen LogP contribution in [0.2, 0.25) is 0 Å². The van der Waals surface area contributed by atoms with Crippen LogP contribution in [0.25, 0.3) is 10.2 Å². The second kappa shape index (κ2) is 11.1. The Morgan fingerprint density at radius 3 is 2.36 bits per heavy atom. The molecule has 0 unspecified atom stereocenters. The Kier molecular flexibility index (Phi) is 8.13. The topological polar surface area (TPSA) is 92.3 Å². The van der Waals surface area contributed by atoms with E-state index in [-0.39, 0.29) is 17.6 Å². The van der Waals surface area contributed by atoms with Crippen molar-refractivity contribution in [1.82, 2.24) is 14.2 Å². The number of sulfonamides is 1. The van der Waals surface area contributed by atoms with Crippen molar-refractivity contribution in [3.8, 4) is 11.5 Å². The number of fused-ring (bicyclic) bond motifs is 2. The van der Waals surface area contributed by atoms with Gasteiger partial charge in [-0.25, -0.2) is 17.7 Å². The van der Waals surface area contributed by atoms with E-state index in [4.69, 9.17) is 14.5 Å². The number of thiazole rings is 1. The Bertz CT molecular complexity index is 1280. The number of benzene rings is 2. The van der Waals surface area contributed by atoms with Crippen LogP contribution in [0.3, 0.4) is 0 Å². The van der Waals surface area contributed by atoms with E-state index in [2.05, 4.69) is 4.90 Å². The van der Waals surface area contributed by atoms with Crippen LogP contribution < -0.4 is 14.4 Å². The quantitative estimate of drug-likeness (QED) is 0.368. The van der Waals surface area contributed by atoms with Gasteiger partial charge in [-0.3, -0.25) is 9.69 Å². The molecular weight excluding hydrogens is 500 g/mol. The Morgan fingerprint density at radius 2 is 1.69 bits per heavy atom. The maximum atomic E-state index is 13.6. The molecule has 36 heavy (non-hydrogen) atoms. The first-order chi connectivity index (χ1) is 17.2. The van der Waals surface area contributed by atoms with E-state index < -0.39 is 10.0 Å². The van der Waals surface area contributed by atoms with Crippen molar-refractivity contribution < 1.29 is 22.7 Å². The molecule has 1 aromatic heterocycles. The van der Waals surface area contributed by atoms with Crippen LogP contribution in [0.4, 0.5) is 5.13 Å². The SMILES string of the molecule is CCCCN(C)S(=O)(=O)c1ccc(C(=O)N(CCCN(C)C)c2nc3cc4c(cc3s2)OCO4)cc1. The predicted octanol–water partition coefficient (Wildman–Crippen LogP) is 4.04. The summed E-state index contributed by atoms with van der Waals surface area (Å²) in [6, 6.07) is 9.86. The van der Waals surface area contributed by atoms with Gasteiger partial charge in [0, 0.05) is 37.8 Å². The Hall–Kier alpha value is -2.73. The van der Waals surface area contributed by atoms with Gasteiger partial charge >= 0.3 is 0 Å². The number of rotatable bonds is 11. The van der Waals surface area contributed by atoms with Gasteiger partial charge in [0.2, 0.25) is 16.8 Å². The Balaban J connectivity index is 1.60. The summed E-state index contributed by atoms with van der Waals surface area (Å²) in [4.78, 5) is 22.2. The monoisotopic (exact) mass is 532 g/mol. The van der Waals surface area contributed by atoms with Gasteiger partial charge in [0.15, 0.2) is 16.6 Å². The minimum Gasteiger partial charge on any atom is -0.454 e. The van der Waals surface area contributed by atoms with Crippen LogP contribution in [0.5, 0.6) is 11.5 Å². The molecule has 3 aromatic rings. The van der Waals surface area contributed by atoms with E-state index in [1.165, 1.54) is 27.8 Å². The second-order valence-electron chi connectivity index (χ2n) is 8.99. The lowest BCUT2D eigenvalue weighted by Crippen LogP contribution is -2.33. The van der Waals surface area contributed by atoms with Gasteiger partial charge in [-0.15, -0.1) is 0 Å². The zero-order valence-corrected chi connectivity index (χ0v) is 22.7. The van der Waals surface area contributed by atoms with Crippen LogP contribution in [-0.2, 0) is 10.0 Å². The van der Waals surface area contributed by atoms with Crippen molar-refractivity contribution in [1.29, 1.82) is 0 Å². The summed E-state index contributed by atoms with van der Waals surface area (Å²) < 4.78 is 38.9. The zero-order valence-electron chi connectivity index (χ0n) is 21.1. The summed E-state index contributed by atoms with van der Waals surface area (Å²) in [7, 11) is 1.95. The number of aromatic nitrogens is 1. The molecule has 2 aromatic carbocycles. The summed E-state index contributed by atoms with van der Waals surface area (Å²) in [6.07, 6.45) is 2.45. The molecule has 1 aliphatic heterocycles. The molecule has 0 spiro atoms. The van der Waals surface area contributed by atoms with E-state index in [0.29, 0.717) is 35.3 Å². The van der Waals surface area contributed by atoms with Crippen LogP contribution in [0, 0.1) is 0 Å². The van der Waals surface area contributed by atoms with Gasteiger partial charge in [0.05, 0.1) is 15.1 Å². The maximum absolute atomic E-state index is 13.6. The fourth-order valence-corrected chi connectivity index (χ4v) is 6.07. The first-order valence-electron chi connectivity index (χ1n) is 11.9. The van der Waals surface area contributed by atoms with Gasteiger partial charge in [-0.2, -0.15) is 0 Å². The van der Waals surface area contributed by atoms with E-state index in [9.17, 15) is 13.2 Å². The molecule has 0 radical (unpaired) electrons. The van der Waals surface area contributed by atoms with Crippen LogP contribution in [0.1, 0.15) is 36.5 Å². The maximum Gasteiger partial charge on any atom is 0.260 e. The molecule has 0 fully saturated rings. The van der Waals surface area contributed by atoms with E-state index >= 15 is 0 Å². The van der Waals surface area contributed by atoms with Crippen molar-refractivity contribution >= 4 is 42.6 Å². The summed E-state index contributed by atoms with van der Waals surface area (Å²) in [5, 5.41) is 0.577. The number of amides is 1. The molecule has 9 nitrogen and oxygen atoms in total. The highest BCUT2D eigenvalue weighted by atomic mass is 32.2. The van der Waals surface area contributed by atoms with Gasteiger partial charge < -0.3 is 14.4 Å². The smallest absolute Gasteiger partial charge is 0.260 e. The molecule has 0 aliphatic carbocycles. The zero-order chi connectivity index (χ0) is 25.9. The highest BCUT2D eigenvalue weighted by Gasteiger charge is 2.25. The number of hydrogen-bond acceptors (Lipinski definition) is 8. The van der Waals surface area contributed by atoms with Crippen molar-refractivity contribution in [2.45, 2.75) is 31.1 Å². The minimum absolute atomic E-state index is 0.173. The third-order valence-corrected chi connectivity index (χ3v) is 8.88. The lowest BCUT2D eigenvalue weighted by atomic mass is 10.2. The number of nitrogens with zero attached hydrogens (tertiary/aromatic N) is 4. The van der Waals surface area contributed by atoms with Gasteiger partial charge in [-0.1, -0.05) is 24.7 Å². The number of anilines is 1. The van der Waals surface area contributed by atoms with Crippen LogP contribution >= 0.6 is 11.3 Å². The van der Waals surface area contributed by atoms with E-state index in [1.54, 1.807) is 24.1 Å². The molecule has 2 heterocycles. The van der Waals surface area contributed by atoms with E-state index in [0.717, 1.165) is 36.0 Å². The van der Waals surface area contributed by atoms with Crippen molar-refractivity contribution in [2.24, 2.45) is 0 Å². The lowest BCUT2D eigenvalue weighted by Gasteiger charge is -2.21. The largest absolute Gasteiger partial charge is 0.454 e. The number of ether oxygens (including phenoxy) is 2. The molecular formula is C25H32N4O5S2. The third kappa shape index (κ3) is 5.64. The number of hydrogen-bond donors (Lipinski definition) is 0. The molecule has 1 aliphatic rings. The highest BCUT2D eigenvalue weighted by Crippen LogP contribution is 2.40. The lowest BCUT2D eigenvalue weighted by molar-refractivity contribution is 0.0986. The van der Waals surface area contributed by atoms with E-state index in [1.807, 2.05) is 33.2 Å². The van der Waals surface area contributed by atoms with Gasteiger partial charge in [0.1, 0.15) is 0 Å². The summed E-state index contributed by atoms with van der Waals surface area (Å²) >= 11 is 1.41. The Labute approximate surface area is 216 Å². The molecule has 194 valence electrons. The second-order valence-corrected chi connectivity index (χ2v) is 12.0. The number of unbranched alkanes of at least 4 members (excludes halogenated alkanes) is 1. The van der Waals surface area contributed by atoms with Crippen molar-refractivity contribution in [3.63, 3.8) is 0 Å². The van der Waals surface area contributed by atoms with Crippen LogP contribution in [-0.4, -0.2) is 76.1 Å². The normalized spacial score (nSPS) is 13.2. The average Bonchev–Trinajstić information content (AvgIpc) is 3.48. The average molecular weight is 533 g/mol. The van der Waals surface area contributed by atoms with Crippen LogP contribution in [0.15, 0.2) is 41.3 Å². The predicted molar refractivity (Wildman–Crippen MR) is 142 cm³/mol. The molecule has 0 saturated heterocycles. The summed E-state index contributed by atoms with van der Waals surface area (Å²) in [5.74, 6) is 1.09. The fraction of sp³-hybridized carbons (Fsp3) is 0.440. The molecule has 0 bridgehead atoms. The molecule has 0 atom stereocenters.